The molecule has 0 heterocycles. The minimum atomic E-state index is -0.837. The van der Waals surface area contributed by atoms with Crippen molar-refractivity contribution >= 4 is 5.91 Å². The van der Waals surface area contributed by atoms with Gasteiger partial charge in [-0.05, 0) is 19.3 Å². The fourth-order valence-corrected chi connectivity index (χ4v) is 10.8. The summed E-state index contributed by atoms with van der Waals surface area (Å²) in [7, 11) is 0. The maximum absolute atomic E-state index is 12.5. The van der Waals surface area contributed by atoms with Crippen LogP contribution in [0, 0.1) is 0 Å². The molecule has 4 nitrogen and oxygen atoms in total. The van der Waals surface area contributed by atoms with Crippen molar-refractivity contribution in [1.29, 1.82) is 0 Å². The van der Waals surface area contributed by atoms with Gasteiger partial charge < -0.3 is 15.5 Å². The summed E-state index contributed by atoms with van der Waals surface area (Å²) in [5.41, 5.74) is 0. The third kappa shape index (κ3) is 58.0. The van der Waals surface area contributed by atoms with Gasteiger partial charge in [-0.15, -0.1) is 0 Å². The number of aliphatic hydroxyl groups excluding tert-OH is 2. The van der Waals surface area contributed by atoms with Crippen LogP contribution in [0.4, 0.5) is 0 Å². The van der Waals surface area contributed by atoms with E-state index in [-0.39, 0.29) is 12.5 Å². The number of hydrogen-bond acceptors (Lipinski definition) is 3. The lowest BCUT2D eigenvalue weighted by Crippen LogP contribution is -2.45. The van der Waals surface area contributed by atoms with Gasteiger partial charge in [0.25, 0.3) is 0 Å². The van der Waals surface area contributed by atoms with Gasteiger partial charge in [0, 0.05) is 6.42 Å². The average Bonchev–Trinajstić information content (AvgIpc) is 3.36. The first-order valence-electron chi connectivity index (χ1n) is 32.9. The van der Waals surface area contributed by atoms with Gasteiger partial charge in [0.05, 0.1) is 18.8 Å². The molecule has 0 radical (unpaired) electrons. The van der Waals surface area contributed by atoms with E-state index in [1.165, 1.54) is 340 Å². The molecule has 0 rings (SSSR count). The normalized spacial score (nSPS) is 12.7. The van der Waals surface area contributed by atoms with Gasteiger partial charge in [-0.3, -0.25) is 4.79 Å². The maximum Gasteiger partial charge on any atom is 0.220 e. The second-order valence-corrected chi connectivity index (χ2v) is 22.9. The summed E-state index contributed by atoms with van der Waals surface area (Å²) in [5.74, 6) is -0.0536. The van der Waals surface area contributed by atoms with E-state index in [1.807, 2.05) is 6.08 Å². The zero-order chi connectivity index (χ0) is 50.6. The van der Waals surface area contributed by atoms with Gasteiger partial charge in [-0.25, -0.2) is 0 Å². The molecule has 0 aliphatic rings. The first kappa shape index (κ1) is 69.1. The molecular formula is C66H131NO3. The Morgan fingerprint density at radius 1 is 0.329 bits per heavy atom. The molecule has 2 unspecified atom stereocenters. The number of aliphatic hydroxyl groups is 2. The van der Waals surface area contributed by atoms with Crippen LogP contribution in [0.5, 0.6) is 0 Å². The fourth-order valence-electron chi connectivity index (χ4n) is 10.8. The molecule has 0 fully saturated rings. The van der Waals surface area contributed by atoms with Crippen LogP contribution < -0.4 is 5.32 Å². The van der Waals surface area contributed by atoms with Gasteiger partial charge in [0.15, 0.2) is 0 Å². The SMILES string of the molecule is CCCCCCCCCCCCCCCCCCCCCCCCCCCC/C=C/C(O)C(CO)NC(=O)CCCCCCCCCCCCCCCCCCCCCCCCCCCCCCCC. The third-order valence-corrected chi connectivity index (χ3v) is 15.8. The monoisotopic (exact) mass is 986 g/mol. The van der Waals surface area contributed by atoms with Crippen LogP contribution in [0.1, 0.15) is 386 Å². The summed E-state index contributed by atoms with van der Waals surface area (Å²) in [6, 6.07) is -0.619. The zero-order valence-electron chi connectivity index (χ0n) is 48.3. The highest BCUT2D eigenvalue weighted by Gasteiger charge is 2.18. The number of carbonyl (C=O) groups excluding carboxylic acids is 1. The Bertz CT molecular complexity index is 982. The lowest BCUT2D eigenvalue weighted by molar-refractivity contribution is -0.123. The molecule has 2 atom stereocenters. The van der Waals surface area contributed by atoms with E-state index >= 15 is 0 Å². The molecule has 0 aliphatic carbocycles. The Hall–Kier alpha value is -0.870. The molecule has 70 heavy (non-hydrogen) atoms. The Balaban J connectivity index is 3.41. The van der Waals surface area contributed by atoms with E-state index in [9.17, 15) is 15.0 Å². The van der Waals surface area contributed by atoms with Gasteiger partial charge in [0.1, 0.15) is 0 Å². The second-order valence-electron chi connectivity index (χ2n) is 22.9. The van der Waals surface area contributed by atoms with Crippen molar-refractivity contribution < 1.29 is 15.0 Å². The maximum atomic E-state index is 12.5. The van der Waals surface area contributed by atoms with Gasteiger partial charge >= 0.3 is 0 Å². The molecule has 0 aliphatic heterocycles. The number of allylic oxidation sites excluding steroid dienone is 1. The van der Waals surface area contributed by atoms with Crippen LogP contribution in [0.3, 0.4) is 0 Å². The molecular weight excluding hydrogens is 855 g/mol. The predicted molar refractivity (Wildman–Crippen MR) is 313 cm³/mol. The van der Waals surface area contributed by atoms with Crippen molar-refractivity contribution in [2.75, 3.05) is 6.61 Å². The number of carbonyl (C=O) groups is 1. The first-order chi connectivity index (χ1) is 34.7. The quantitative estimate of drug-likeness (QED) is 0.0420. The minimum Gasteiger partial charge on any atom is -0.394 e. The van der Waals surface area contributed by atoms with E-state index in [0.29, 0.717) is 6.42 Å². The smallest absolute Gasteiger partial charge is 0.220 e. The molecule has 0 aromatic heterocycles. The Kier molecular flexibility index (Phi) is 61.6. The summed E-state index contributed by atoms with van der Waals surface area (Å²) in [6.07, 6.45) is 82.8. The van der Waals surface area contributed by atoms with E-state index < -0.39 is 12.1 Å². The standard InChI is InChI=1S/C66H131NO3/c1-3-5-7-9-11-13-15-17-19-21-23-25-27-29-31-33-34-36-38-40-42-44-46-48-50-52-54-56-58-60-62-66(70)67-64(63-68)65(69)61-59-57-55-53-51-49-47-45-43-41-39-37-35-32-30-28-26-24-22-20-18-16-14-12-10-8-6-4-2/h59,61,64-65,68-69H,3-58,60,62-63H2,1-2H3,(H,67,70)/b61-59+. The lowest BCUT2D eigenvalue weighted by atomic mass is 10.0. The number of hydrogen-bond donors (Lipinski definition) is 3. The highest BCUT2D eigenvalue weighted by molar-refractivity contribution is 5.76. The van der Waals surface area contributed by atoms with Crippen molar-refractivity contribution in [1.82, 2.24) is 5.32 Å². The van der Waals surface area contributed by atoms with Crippen molar-refractivity contribution in [3.05, 3.63) is 12.2 Å². The minimum absolute atomic E-state index is 0.0536. The van der Waals surface area contributed by atoms with Crippen LogP contribution in [-0.2, 0) is 4.79 Å². The van der Waals surface area contributed by atoms with Crippen LogP contribution in [0.25, 0.3) is 0 Å². The Morgan fingerprint density at radius 2 is 0.529 bits per heavy atom. The number of unbranched alkanes of at least 4 members (excludes halogenated alkanes) is 55. The zero-order valence-corrected chi connectivity index (χ0v) is 48.3. The Morgan fingerprint density at radius 3 is 0.743 bits per heavy atom. The highest BCUT2D eigenvalue weighted by atomic mass is 16.3. The molecule has 0 bridgehead atoms. The van der Waals surface area contributed by atoms with E-state index in [0.717, 1.165) is 25.7 Å². The lowest BCUT2D eigenvalue weighted by Gasteiger charge is -2.20. The van der Waals surface area contributed by atoms with Crippen molar-refractivity contribution in [3.63, 3.8) is 0 Å². The molecule has 4 heteroatoms. The van der Waals surface area contributed by atoms with Gasteiger partial charge in [-0.1, -0.05) is 373 Å². The summed E-state index contributed by atoms with van der Waals surface area (Å²) in [6.45, 7) is 4.37. The van der Waals surface area contributed by atoms with Crippen LogP contribution in [0.15, 0.2) is 12.2 Å². The van der Waals surface area contributed by atoms with Crippen molar-refractivity contribution in [2.45, 2.75) is 398 Å². The van der Waals surface area contributed by atoms with Crippen molar-refractivity contribution in [2.24, 2.45) is 0 Å². The summed E-state index contributed by atoms with van der Waals surface area (Å²) in [5, 5.41) is 23.3. The number of nitrogens with one attached hydrogen (secondary N) is 1. The third-order valence-electron chi connectivity index (χ3n) is 15.8. The van der Waals surface area contributed by atoms with Crippen LogP contribution in [-0.4, -0.2) is 34.9 Å². The van der Waals surface area contributed by atoms with Crippen LogP contribution in [0.2, 0.25) is 0 Å². The average molecular weight is 987 g/mol. The molecule has 1 amide bonds. The molecule has 418 valence electrons. The van der Waals surface area contributed by atoms with E-state index in [4.69, 9.17) is 0 Å². The second kappa shape index (κ2) is 62.4. The highest BCUT2D eigenvalue weighted by Crippen LogP contribution is 2.19. The van der Waals surface area contributed by atoms with E-state index in [2.05, 4.69) is 19.2 Å². The van der Waals surface area contributed by atoms with Gasteiger partial charge in [0.2, 0.25) is 5.91 Å². The molecule has 0 spiro atoms. The predicted octanol–water partition coefficient (Wildman–Crippen LogP) is 22.0. The van der Waals surface area contributed by atoms with Crippen LogP contribution >= 0.6 is 0 Å². The molecule has 3 N–H and O–H groups in total. The Labute approximate surface area is 441 Å². The number of rotatable bonds is 62. The van der Waals surface area contributed by atoms with Gasteiger partial charge in [-0.2, -0.15) is 0 Å². The number of amides is 1. The topological polar surface area (TPSA) is 69.6 Å². The molecule has 0 saturated heterocycles. The molecule has 0 aromatic rings. The van der Waals surface area contributed by atoms with E-state index in [1.54, 1.807) is 6.08 Å². The molecule has 0 aromatic carbocycles. The summed E-state index contributed by atoms with van der Waals surface area (Å²) >= 11 is 0. The summed E-state index contributed by atoms with van der Waals surface area (Å²) in [4.78, 5) is 12.5. The molecule has 0 saturated carbocycles. The van der Waals surface area contributed by atoms with Crippen molar-refractivity contribution in [3.8, 4) is 0 Å². The largest absolute Gasteiger partial charge is 0.394 e. The first-order valence-corrected chi connectivity index (χ1v) is 32.9. The fraction of sp³-hybridized carbons (Fsp3) is 0.955. The summed E-state index contributed by atoms with van der Waals surface area (Å²) < 4.78 is 0.